The van der Waals surface area contributed by atoms with Crippen LogP contribution >= 0.6 is 11.6 Å². The first-order valence-electron chi connectivity index (χ1n) is 11.6. The average Bonchev–Trinajstić information content (AvgIpc) is 2.94. The van der Waals surface area contributed by atoms with E-state index in [9.17, 15) is 5.11 Å². The van der Waals surface area contributed by atoms with E-state index in [1.165, 1.54) is 56.9 Å². The molecule has 4 aliphatic carbocycles. The molecule has 7 atom stereocenters. The van der Waals surface area contributed by atoms with Crippen molar-refractivity contribution in [1.29, 1.82) is 0 Å². The van der Waals surface area contributed by atoms with Crippen molar-refractivity contribution >= 4 is 17.7 Å². The number of hydrogen-bond donors (Lipinski definition) is 1. The molecular weight excluding hydrogens is 364 g/mol. The molecule has 0 radical (unpaired) electrons. The fourth-order valence-corrected chi connectivity index (χ4v) is 8.28. The second-order valence-corrected chi connectivity index (χ2v) is 11.2. The van der Waals surface area contributed by atoms with Crippen LogP contribution in [0.1, 0.15) is 77.2 Å². The molecule has 0 unspecified atom stereocenters. The molecule has 4 saturated carbocycles. The van der Waals surface area contributed by atoms with Crippen LogP contribution in [-0.4, -0.2) is 11.2 Å². The monoisotopic (exact) mass is 398 g/mol. The van der Waals surface area contributed by atoms with Crippen molar-refractivity contribution in [2.45, 2.75) is 77.7 Å². The van der Waals surface area contributed by atoms with Crippen molar-refractivity contribution in [2.75, 3.05) is 0 Å². The van der Waals surface area contributed by atoms with Crippen LogP contribution in [0.25, 0.3) is 6.08 Å². The molecule has 0 aliphatic heterocycles. The highest BCUT2D eigenvalue weighted by Gasteiger charge is 2.60. The van der Waals surface area contributed by atoms with E-state index in [0.29, 0.717) is 11.3 Å². The lowest BCUT2D eigenvalue weighted by molar-refractivity contribution is -0.119. The Morgan fingerprint density at radius 3 is 2.61 bits per heavy atom. The fraction of sp³-hybridized carbons (Fsp3) is 0.692. The second-order valence-electron chi connectivity index (χ2n) is 10.8. The summed E-state index contributed by atoms with van der Waals surface area (Å²) in [6.45, 7) is 5.00. The third-order valence-electron chi connectivity index (χ3n) is 9.70. The van der Waals surface area contributed by atoms with Crippen molar-refractivity contribution in [1.82, 2.24) is 0 Å². The largest absolute Gasteiger partial charge is 0.388 e. The first-order valence-corrected chi connectivity index (χ1v) is 11.9. The molecule has 152 valence electrons. The molecule has 28 heavy (non-hydrogen) atoms. The van der Waals surface area contributed by atoms with E-state index < -0.39 is 0 Å². The van der Waals surface area contributed by atoms with Gasteiger partial charge >= 0.3 is 0 Å². The molecule has 0 bridgehead atoms. The standard InChI is InChI=1S/C26H35ClO/c1-25-13-6-5-8-19(25)10-11-20-21(25)12-14-26(2)22(20)16-18(24(26)28)15-17-7-3-4-9-23(17)27/h3-4,7,9,15,19-22,24,28H,5-6,8,10-14,16H2,1-2H3/b18-15-/t19-,20+,21-,22-,24+,25+,26-/m1/s1. The summed E-state index contributed by atoms with van der Waals surface area (Å²) < 4.78 is 0. The van der Waals surface area contributed by atoms with E-state index in [1.54, 1.807) is 0 Å². The number of rotatable bonds is 1. The molecule has 1 aromatic carbocycles. The number of aliphatic hydroxyl groups is 1. The smallest absolute Gasteiger partial charge is 0.0809 e. The van der Waals surface area contributed by atoms with Crippen LogP contribution in [0, 0.1) is 34.5 Å². The van der Waals surface area contributed by atoms with Gasteiger partial charge in [0.1, 0.15) is 0 Å². The molecule has 5 rings (SSSR count). The summed E-state index contributed by atoms with van der Waals surface area (Å²) in [5.74, 6) is 3.26. The van der Waals surface area contributed by atoms with Crippen LogP contribution in [0.15, 0.2) is 29.8 Å². The first kappa shape index (κ1) is 19.2. The molecule has 4 fully saturated rings. The Balaban J connectivity index is 1.47. The van der Waals surface area contributed by atoms with E-state index in [4.69, 9.17) is 11.6 Å². The van der Waals surface area contributed by atoms with Gasteiger partial charge in [0.05, 0.1) is 6.10 Å². The number of hydrogen-bond acceptors (Lipinski definition) is 1. The van der Waals surface area contributed by atoms with Crippen molar-refractivity contribution in [3.05, 3.63) is 40.4 Å². The van der Waals surface area contributed by atoms with Gasteiger partial charge in [-0.1, -0.05) is 62.6 Å². The van der Waals surface area contributed by atoms with Crippen molar-refractivity contribution in [3.8, 4) is 0 Å². The van der Waals surface area contributed by atoms with E-state index in [0.717, 1.165) is 34.8 Å². The van der Waals surface area contributed by atoms with Crippen LogP contribution in [0.5, 0.6) is 0 Å². The maximum Gasteiger partial charge on any atom is 0.0809 e. The number of fused-ring (bicyclic) bond motifs is 5. The number of halogens is 1. The zero-order valence-corrected chi connectivity index (χ0v) is 18.2. The Morgan fingerprint density at radius 2 is 1.79 bits per heavy atom. The topological polar surface area (TPSA) is 20.2 Å². The summed E-state index contributed by atoms with van der Waals surface area (Å²) in [5.41, 5.74) is 2.88. The minimum atomic E-state index is -0.313. The highest BCUT2D eigenvalue weighted by Crippen LogP contribution is 2.67. The van der Waals surface area contributed by atoms with E-state index >= 15 is 0 Å². The molecule has 0 saturated heterocycles. The van der Waals surface area contributed by atoms with Crippen LogP contribution in [0.2, 0.25) is 5.02 Å². The average molecular weight is 399 g/mol. The van der Waals surface area contributed by atoms with Crippen LogP contribution in [0.4, 0.5) is 0 Å². The van der Waals surface area contributed by atoms with Gasteiger partial charge in [-0.05, 0) is 91.2 Å². The van der Waals surface area contributed by atoms with Crippen LogP contribution < -0.4 is 0 Å². The van der Waals surface area contributed by atoms with Gasteiger partial charge in [0.2, 0.25) is 0 Å². The minimum absolute atomic E-state index is 0.0477. The molecule has 0 aromatic heterocycles. The lowest BCUT2D eigenvalue weighted by Crippen LogP contribution is -2.53. The van der Waals surface area contributed by atoms with E-state index in [-0.39, 0.29) is 11.5 Å². The summed E-state index contributed by atoms with van der Waals surface area (Å²) in [5, 5.41) is 12.2. The first-order chi connectivity index (χ1) is 13.4. The molecule has 1 aromatic rings. The molecule has 0 spiro atoms. The summed E-state index contributed by atoms with van der Waals surface area (Å²) in [7, 11) is 0. The molecule has 1 N–H and O–H groups in total. The Kier molecular flexibility index (Phi) is 4.71. The summed E-state index contributed by atoms with van der Waals surface area (Å²) in [6.07, 6.45) is 14.0. The summed E-state index contributed by atoms with van der Waals surface area (Å²) >= 11 is 6.42. The lowest BCUT2D eigenvalue weighted by Gasteiger charge is -2.60. The van der Waals surface area contributed by atoms with Crippen molar-refractivity contribution in [3.63, 3.8) is 0 Å². The molecule has 1 nitrogen and oxygen atoms in total. The zero-order valence-electron chi connectivity index (χ0n) is 17.5. The van der Waals surface area contributed by atoms with Gasteiger partial charge in [-0.15, -0.1) is 0 Å². The normalized spacial score (nSPS) is 46.7. The Bertz CT molecular complexity index is 784. The highest BCUT2D eigenvalue weighted by molar-refractivity contribution is 6.32. The number of aliphatic hydroxyl groups excluding tert-OH is 1. The van der Waals surface area contributed by atoms with Gasteiger partial charge in [0.15, 0.2) is 0 Å². The fourth-order valence-electron chi connectivity index (χ4n) is 8.09. The van der Waals surface area contributed by atoms with Gasteiger partial charge in [0.25, 0.3) is 0 Å². The van der Waals surface area contributed by atoms with Crippen molar-refractivity contribution < 1.29 is 5.11 Å². The van der Waals surface area contributed by atoms with Gasteiger partial charge < -0.3 is 5.11 Å². The van der Waals surface area contributed by atoms with Gasteiger partial charge in [-0.2, -0.15) is 0 Å². The highest BCUT2D eigenvalue weighted by atomic mass is 35.5. The van der Waals surface area contributed by atoms with Gasteiger partial charge in [0, 0.05) is 10.4 Å². The molecule has 2 heteroatoms. The lowest BCUT2D eigenvalue weighted by atomic mass is 9.45. The maximum atomic E-state index is 11.4. The van der Waals surface area contributed by atoms with Crippen molar-refractivity contribution in [2.24, 2.45) is 34.5 Å². The molecular formula is C26H35ClO. The quantitative estimate of drug-likeness (QED) is 0.533. The van der Waals surface area contributed by atoms with Crippen LogP contribution in [-0.2, 0) is 0 Å². The van der Waals surface area contributed by atoms with E-state index in [1.807, 2.05) is 18.2 Å². The van der Waals surface area contributed by atoms with E-state index in [2.05, 4.69) is 26.0 Å². The molecule has 0 heterocycles. The van der Waals surface area contributed by atoms with Gasteiger partial charge in [-0.3, -0.25) is 0 Å². The second kappa shape index (κ2) is 6.88. The number of benzene rings is 1. The minimum Gasteiger partial charge on any atom is -0.388 e. The maximum absolute atomic E-state index is 11.4. The summed E-state index contributed by atoms with van der Waals surface area (Å²) in [4.78, 5) is 0. The third-order valence-corrected chi connectivity index (χ3v) is 10.0. The zero-order chi connectivity index (χ0) is 19.5. The molecule has 4 aliphatic rings. The Hall–Kier alpha value is -0.790. The summed E-state index contributed by atoms with van der Waals surface area (Å²) in [6, 6.07) is 8.04. The Labute approximate surface area is 175 Å². The predicted octanol–water partition coefficient (Wildman–Crippen LogP) is 7.13. The SMILES string of the molecule is C[C@]12CCCC[C@@H]1CC[C@H]1[C@H]2CC[C@]2(C)[C@@H]1C/C(=C/c1ccccc1Cl)[C@@H]2O. The van der Waals surface area contributed by atoms with Gasteiger partial charge in [-0.25, -0.2) is 0 Å². The molecule has 0 amide bonds. The Morgan fingerprint density at radius 1 is 0.964 bits per heavy atom. The third kappa shape index (κ3) is 2.76. The van der Waals surface area contributed by atoms with Crippen LogP contribution in [0.3, 0.4) is 0 Å². The predicted molar refractivity (Wildman–Crippen MR) is 117 cm³/mol.